The van der Waals surface area contributed by atoms with E-state index in [9.17, 15) is 9.90 Å². The normalized spacial score (nSPS) is 23.4. The van der Waals surface area contributed by atoms with Crippen molar-refractivity contribution in [2.45, 2.75) is 12.0 Å². The van der Waals surface area contributed by atoms with Gasteiger partial charge < -0.3 is 20.5 Å². The Labute approximate surface area is 99.8 Å². The maximum atomic E-state index is 11.4. The van der Waals surface area contributed by atoms with Crippen LogP contribution in [0.4, 0.5) is 4.79 Å². The van der Waals surface area contributed by atoms with Gasteiger partial charge in [-0.2, -0.15) is 0 Å². The third-order valence-corrected chi connectivity index (χ3v) is 2.74. The lowest BCUT2D eigenvalue weighted by Gasteiger charge is -2.21. The Hall–Kier alpha value is -1.59. The summed E-state index contributed by atoms with van der Waals surface area (Å²) >= 11 is 0. The van der Waals surface area contributed by atoms with Crippen molar-refractivity contribution in [2.24, 2.45) is 0 Å². The summed E-state index contributed by atoms with van der Waals surface area (Å²) in [6, 6.07) is 8.82. The molecule has 3 N–H and O–H groups in total. The minimum atomic E-state index is -0.851. The largest absolute Gasteiger partial charge is 0.412 e. The van der Waals surface area contributed by atoms with Crippen LogP contribution in [0, 0.1) is 0 Å². The number of aliphatic hydroxyl groups is 1. The van der Waals surface area contributed by atoms with Crippen LogP contribution in [-0.4, -0.2) is 36.4 Å². The van der Waals surface area contributed by atoms with Crippen molar-refractivity contribution in [1.29, 1.82) is 0 Å². The Balaban J connectivity index is 1.78. The van der Waals surface area contributed by atoms with Crippen LogP contribution in [0.15, 0.2) is 30.3 Å². The van der Waals surface area contributed by atoms with Crippen LogP contribution in [0.2, 0.25) is 0 Å². The van der Waals surface area contributed by atoms with E-state index < -0.39 is 11.7 Å². The van der Waals surface area contributed by atoms with Gasteiger partial charge in [0.1, 0.15) is 5.75 Å². The van der Waals surface area contributed by atoms with Crippen LogP contribution in [0.5, 0.6) is 5.75 Å². The van der Waals surface area contributed by atoms with Crippen molar-refractivity contribution < 1.29 is 14.6 Å². The lowest BCUT2D eigenvalue weighted by molar-refractivity contribution is 0.0612. The zero-order valence-electron chi connectivity index (χ0n) is 9.48. The molecule has 17 heavy (non-hydrogen) atoms. The van der Waals surface area contributed by atoms with Crippen molar-refractivity contribution in [3.8, 4) is 5.75 Å². The standard InChI is InChI=1S/C12H16N2O3/c15-11(17-10-4-2-1-3-5-10)14-9-12(16)6-7-13-8-12/h1-5,13,16H,6-9H2,(H,14,15). The molecule has 0 radical (unpaired) electrons. The van der Waals surface area contributed by atoms with Gasteiger partial charge in [-0.1, -0.05) is 18.2 Å². The number of nitrogens with one attached hydrogen (secondary N) is 2. The number of rotatable bonds is 3. The second-order valence-corrected chi connectivity index (χ2v) is 4.21. The molecule has 5 heteroatoms. The minimum Gasteiger partial charge on any atom is -0.410 e. The van der Waals surface area contributed by atoms with E-state index in [1.807, 2.05) is 6.07 Å². The number of carbonyl (C=O) groups excluding carboxylic acids is 1. The lowest BCUT2D eigenvalue weighted by Crippen LogP contribution is -2.45. The summed E-state index contributed by atoms with van der Waals surface area (Å²) in [7, 11) is 0. The predicted molar refractivity (Wildman–Crippen MR) is 62.9 cm³/mol. The molecule has 2 rings (SSSR count). The minimum absolute atomic E-state index is 0.200. The topological polar surface area (TPSA) is 70.6 Å². The molecule has 0 saturated carbocycles. The maximum absolute atomic E-state index is 11.4. The van der Waals surface area contributed by atoms with Gasteiger partial charge in [0.25, 0.3) is 0 Å². The van der Waals surface area contributed by atoms with Gasteiger partial charge in [0.2, 0.25) is 0 Å². The van der Waals surface area contributed by atoms with Gasteiger partial charge >= 0.3 is 6.09 Å². The Morgan fingerprint density at radius 3 is 2.88 bits per heavy atom. The van der Waals surface area contributed by atoms with Gasteiger partial charge in [-0.05, 0) is 25.1 Å². The second-order valence-electron chi connectivity index (χ2n) is 4.21. The van der Waals surface area contributed by atoms with Gasteiger partial charge in [0, 0.05) is 6.54 Å². The van der Waals surface area contributed by atoms with Gasteiger partial charge in [0.05, 0.1) is 12.1 Å². The molecule has 1 aromatic carbocycles. The van der Waals surface area contributed by atoms with E-state index in [1.54, 1.807) is 24.3 Å². The average Bonchev–Trinajstić information content (AvgIpc) is 2.76. The highest BCUT2D eigenvalue weighted by atomic mass is 16.6. The molecule has 0 spiro atoms. The van der Waals surface area contributed by atoms with Crippen molar-refractivity contribution in [2.75, 3.05) is 19.6 Å². The van der Waals surface area contributed by atoms with Crippen LogP contribution < -0.4 is 15.4 Å². The van der Waals surface area contributed by atoms with Crippen molar-refractivity contribution >= 4 is 6.09 Å². The van der Waals surface area contributed by atoms with E-state index in [4.69, 9.17) is 4.74 Å². The molecule has 1 aliphatic heterocycles. The fourth-order valence-corrected chi connectivity index (χ4v) is 1.75. The fourth-order valence-electron chi connectivity index (χ4n) is 1.75. The third-order valence-electron chi connectivity index (χ3n) is 2.74. The summed E-state index contributed by atoms with van der Waals surface area (Å²) in [5, 5.41) is 15.6. The van der Waals surface area contributed by atoms with E-state index in [0.717, 1.165) is 6.54 Å². The number of hydrogen-bond acceptors (Lipinski definition) is 4. The summed E-state index contributed by atoms with van der Waals surface area (Å²) in [5.74, 6) is 0.488. The number of benzene rings is 1. The summed E-state index contributed by atoms with van der Waals surface area (Å²) in [4.78, 5) is 11.4. The molecule has 0 bridgehead atoms. The maximum Gasteiger partial charge on any atom is 0.412 e. The van der Waals surface area contributed by atoms with Gasteiger partial charge in [-0.15, -0.1) is 0 Å². The monoisotopic (exact) mass is 236 g/mol. The van der Waals surface area contributed by atoms with Crippen molar-refractivity contribution in [1.82, 2.24) is 10.6 Å². The van der Waals surface area contributed by atoms with E-state index in [2.05, 4.69) is 10.6 Å². The summed E-state index contributed by atoms with van der Waals surface area (Å²) < 4.78 is 5.04. The summed E-state index contributed by atoms with van der Waals surface area (Å²) in [6.45, 7) is 1.47. The molecular weight excluding hydrogens is 220 g/mol. The number of ether oxygens (including phenoxy) is 1. The third kappa shape index (κ3) is 3.44. The van der Waals surface area contributed by atoms with Crippen LogP contribution in [-0.2, 0) is 0 Å². The van der Waals surface area contributed by atoms with Crippen molar-refractivity contribution in [3.05, 3.63) is 30.3 Å². The first-order valence-electron chi connectivity index (χ1n) is 5.62. The van der Waals surface area contributed by atoms with Crippen LogP contribution >= 0.6 is 0 Å². The second kappa shape index (κ2) is 5.16. The average molecular weight is 236 g/mol. The fraction of sp³-hybridized carbons (Fsp3) is 0.417. The molecule has 0 aromatic heterocycles. The molecule has 1 fully saturated rings. The predicted octanol–water partition coefficient (Wildman–Crippen LogP) is 0.499. The zero-order valence-corrected chi connectivity index (χ0v) is 9.48. The van der Waals surface area contributed by atoms with Crippen LogP contribution in [0.1, 0.15) is 6.42 Å². The highest BCUT2D eigenvalue weighted by Gasteiger charge is 2.31. The molecule has 1 saturated heterocycles. The molecule has 1 aliphatic rings. The Kier molecular flexibility index (Phi) is 3.61. The molecular formula is C12H16N2O3. The molecule has 1 aromatic rings. The lowest BCUT2D eigenvalue weighted by atomic mass is 10.0. The molecule has 1 atom stereocenters. The Morgan fingerprint density at radius 2 is 2.24 bits per heavy atom. The van der Waals surface area contributed by atoms with Crippen LogP contribution in [0.3, 0.4) is 0 Å². The van der Waals surface area contributed by atoms with Gasteiger partial charge in [-0.3, -0.25) is 0 Å². The van der Waals surface area contributed by atoms with E-state index in [-0.39, 0.29) is 6.54 Å². The van der Waals surface area contributed by atoms with Gasteiger partial charge in [-0.25, -0.2) is 4.79 Å². The number of carbonyl (C=O) groups is 1. The van der Waals surface area contributed by atoms with Gasteiger partial charge in [0.15, 0.2) is 0 Å². The highest BCUT2D eigenvalue weighted by Crippen LogP contribution is 2.13. The smallest absolute Gasteiger partial charge is 0.410 e. The number of amides is 1. The first-order chi connectivity index (χ1) is 8.18. The first-order valence-corrected chi connectivity index (χ1v) is 5.62. The SMILES string of the molecule is O=C(NCC1(O)CCNC1)Oc1ccccc1. The Morgan fingerprint density at radius 1 is 1.47 bits per heavy atom. The van der Waals surface area contributed by atoms with Crippen molar-refractivity contribution in [3.63, 3.8) is 0 Å². The number of para-hydroxylation sites is 1. The number of β-amino-alcohol motifs (C(OH)–C–C–N with tert-alkyl or cyclic N) is 1. The summed E-state index contributed by atoms with van der Waals surface area (Å²) in [5.41, 5.74) is -0.851. The van der Waals surface area contributed by atoms with E-state index in [1.165, 1.54) is 0 Å². The quantitative estimate of drug-likeness (QED) is 0.714. The summed E-state index contributed by atoms with van der Waals surface area (Å²) in [6.07, 6.45) is 0.0926. The zero-order chi connectivity index (χ0) is 12.1. The molecule has 0 aliphatic carbocycles. The first kappa shape index (κ1) is 11.9. The number of hydrogen-bond donors (Lipinski definition) is 3. The molecule has 5 nitrogen and oxygen atoms in total. The Bertz CT molecular complexity index is 375. The van der Waals surface area contributed by atoms with E-state index in [0.29, 0.717) is 18.7 Å². The molecule has 1 unspecified atom stereocenters. The molecule has 92 valence electrons. The van der Waals surface area contributed by atoms with E-state index >= 15 is 0 Å². The molecule has 1 amide bonds. The molecule has 1 heterocycles. The van der Waals surface area contributed by atoms with Crippen LogP contribution in [0.25, 0.3) is 0 Å². The highest BCUT2D eigenvalue weighted by molar-refractivity contribution is 5.70.